The molecule has 3 rings (SSSR count). The molecule has 0 saturated carbocycles. The summed E-state index contributed by atoms with van der Waals surface area (Å²) in [6.45, 7) is 1.66. The number of aromatic nitrogens is 1. The van der Waals surface area contributed by atoms with Gasteiger partial charge in [0.1, 0.15) is 17.6 Å². The molecule has 0 radical (unpaired) electrons. The number of carbonyl (C=O) groups is 1. The normalized spacial score (nSPS) is 13.2. The fourth-order valence-electron chi connectivity index (χ4n) is 3.92. The fraction of sp³-hybridized carbons (Fsp3) is 0.333. The third-order valence-electron chi connectivity index (χ3n) is 6.04. The molecule has 0 aliphatic carbocycles. The van der Waals surface area contributed by atoms with Crippen molar-refractivity contribution in [2.24, 2.45) is 0 Å². The molecular formula is C27H30F4N4O. The summed E-state index contributed by atoms with van der Waals surface area (Å²) in [5.74, 6) is -0.584. The summed E-state index contributed by atoms with van der Waals surface area (Å²) >= 11 is 0. The van der Waals surface area contributed by atoms with Crippen LogP contribution in [0, 0.1) is 12.7 Å². The first-order valence-electron chi connectivity index (χ1n) is 11.5. The lowest BCUT2D eigenvalue weighted by atomic mass is 9.95. The van der Waals surface area contributed by atoms with Gasteiger partial charge >= 0.3 is 6.18 Å². The standard InChI is InChI=1S/C27H30F4N4O/c1-17-15-20(9-12-22(17)28)23(13-5-18-6-14-24(33-16-18)27(29,30)31)34-25(26(36)32-2)19-7-10-21(11-8-19)35(3)4/h6-12,14-16,23,25,34H,5,13H2,1-4H3,(H,32,36). The molecule has 3 aromatic rings. The van der Waals surface area contributed by atoms with Crippen LogP contribution < -0.4 is 15.5 Å². The number of aryl methyl sites for hydroxylation is 2. The molecule has 1 heterocycles. The molecule has 1 amide bonds. The first kappa shape index (κ1) is 27.1. The summed E-state index contributed by atoms with van der Waals surface area (Å²) in [5.41, 5.74) is 2.64. The number of pyridine rings is 1. The van der Waals surface area contributed by atoms with E-state index in [1.807, 2.05) is 43.3 Å². The second-order valence-electron chi connectivity index (χ2n) is 8.85. The van der Waals surface area contributed by atoms with Crippen LogP contribution in [0.1, 0.15) is 46.5 Å². The predicted octanol–water partition coefficient (Wildman–Crippen LogP) is 5.36. The Morgan fingerprint density at radius 3 is 2.22 bits per heavy atom. The number of nitrogens with zero attached hydrogens (tertiary/aromatic N) is 2. The number of carbonyl (C=O) groups excluding carboxylic acids is 1. The Hall–Kier alpha value is -3.46. The van der Waals surface area contributed by atoms with E-state index in [4.69, 9.17) is 0 Å². The molecule has 0 saturated heterocycles. The molecule has 0 bridgehead atoms. The van der Waals surface area contributed by atoms with Gasteiger partial charge in [0, 0.05) is 39.1 Å². The van der Waals surface area contributed by atoms with Gasteiger partial charge in [-0.05, 0) is 66.3 Å². The molecule has 9 heteroatoms. The minimum absolute atomic E-state index is 0.243. The highest BCUT2D eigenvalue weighted by atomic mass is 19.4. The monoisotopic (exact) mass is 502 g/mol. The van der Waals surface area contributed by atoms with Crippen molar-refractivity contribution in [1.82, 2.24) is 15.6 Å². The van der Waals surface area contributed by atoms with E-state index in [2.05, 4.69) is 15.6 Å². The molecule has 192 valence electrons. The lowest BCUT2D eigenvalue weighted by Gasteiger charge is -2.26. The van der Waals surface area contributed by atoms with Gasteiger partial charge in [-0.25, -0.2) is 4.39 Å². The highest BCUT2D eigenvalue weighted by molar-refractivity contribution is 5.83. The minimum Gasteiger partial charge on any atom is -0.378 e. The maximum absolute atomic E-state index is 14.0. The second-order valence-corrected chi connectivity index (χ2v) is 8.85. The third kappa shape index (κ3) is 6.81. The largest absolute Gasteiger partial charge is 0.433 e. The van der Waals surface area contributed by atoms with Gasteiger partial charge in [-0.1, -0.05) is 30.3 Å². The summed E-state index contributed by atoms with van der Waals surface area (Å²) in [6, 6.07) is 13.6. The molecule has 2 N–H and O–H groups in total. The first-order chi connectivity index (χ1) is 17.0. The number of alkyl halides is 3. The summed E-state index contributed by atoms with van der Waals surface area (Å²) in [7, 11) is 5.40. The molecule has 0 fully saturated rings. The van der Waals surface area contributed by atoms with Gasteiger partial charge in [-0.15, -0.1) is 0 Å². The molecule has 2 aromatic carbocycles. The molecule has 5 nitrogen and oxygen atoms in total. The second kappa shape index (κ2) is 11.5. The van der Waals surface area contributed by atoms with Crippen molar-refractivity contribution < 1.29 is 22.4 Å². The van der Waals surface area contributed by atoms with Crippen molar-refractivity contribution in [3.05, 3.63) is 94.6 Å². The predicted molar refractivity (Wildman–Crippen MR) is 132 cm³/mol. The average molecular weight is 503 g/mol. The Morgan fingerprint density at radius 1 is 1.03 bits per heavy atom. The molecule has 0 aliphatic rings. The highest BCUT2D eigenvalue weighted by Gasteiger charge is 2.32. The third-order valence-corrected chi connectivity index (χ3v) is 6.04. The van der Waals surface area contributed by atoms with Gasteiger partial charge in [-0.2, -0.15) is 13.2 Å². The smallest absolute Gasteiger partial charge is 0.378 e. The van der Waals surface area contributed by atoms with E-state index in [-0.39, 0.29) is 17.8 Å². The number of halogens is 4. The van der Waals surface area contributed by atoms with Gasteiger partial charge < -0.3 is 10.2 Å². The van der Waals surface area contributed by atoms with E-state index in [0.717, 1.165) is 22.9 Å². The van der Waals surface area contributed by atoms with Crippen LogP contribution in [0.15, 0.2) is 60.8 Å². The molecule has 0 aliphatic heterocycles. The minimum atomic E-state index is -4.50. The van der Waals surface area contributed by atoms with Crippen LogP contribution in [0.5, 0.6) is 0 Å². The molecule has 1 aromatic heterocycles. The Kier molecular flexibility index (Phi) is 8.68. The topological polar surface area (TPSA) is 57.3 Å². The number of hydrogen-bond acceptors (Lipinski definition) is 4. The Bertz CT molecular complexity index is 1160. The summed E-state index contributed by atoms with van der Waals surface area (Å²) in [6.07, 6.45) is -2.44. The maximum atomic E-state index is 14.0. The fourth-order valence-corrected chi connectivity index (χ4v) is 3.92. The lowest BCUT2D eigenvalue weighted by Crippen LogP contribution is -2.38. The van der Waals surface area contributed by atoms with Crippen molar-refractivity contribution in [2.45, 2.75) is 38.0 Å². The van der Waals surface area contributed by atoms with Crippen LogP contribution in [0.4, 0.5) is 23.2 Å². The summed E-state index contributed by atoms with van der Waals surface area (Å²) in [4.78, 5) is 18.4. The maximum Gasteiger partial charge on any atom is 0.433 e. The van der Waals surface area contributed by atoms with E-state index in [1.165, 1.54) is 18.3 Å². The van der Waals surface area contributed by atoms with E-state index in [0.29, 0.717) is 24.0 Å². The molecule has 36 heavy (non-hydrogen) atoms. The number of amides is 1. The van der Waals surface area contributed by atoms with E-state index < -0.39 is 17.9 Å². The van der Waals surface area contributed by atoms with Crippen molar-refractivity contribution in [1.29, 1.82) is 0 Å². The van der Waals surface area contributed by atoms with Crippen molar-refractivity contribution in [3.63, 3.8) is 0 Å². The quantitative estimate of drug-likeness (QED) is 0.387. The zero-order valence-electron chi connectivity index (χ0n) is 20.7. The van der Waals surface area contributed by atoms with Gasteiger partial charge in [0.05, 0.1) is 0 Å². The van der Waals surface area contributed by atoms with E-state index in [1.54, 1.807) is 26.1 Å². The van der Waals surface area contributed by atoms with Crippen LogP contribution in [-0.4, -0.2) is 32.0 Å². The average Bonchev–Trinajstić information content (AvgIpc) is 2.85. The number of anilines is 1. The van der Waals surface area contributed by atoms with Crippen molar-refractivity contribution in [2.75, 3.05) is 26.0 Å². The van der Waals surface area contributed by atoms with Gasteiger partial charge in [0.25, 0.3) is 0 Å². The zero-order chi connectivity index (χ0) is 26.5. The Morgan fingerprint density at radius 2 is 1.69 bits per heavy atom. The van der Waals surface area contributed by atoms with Crippen LogP contribution >= 0.6 is 0 Å². The van der Waals surface area contributed by atoms with Crippen molar-refractivity contribution >= 4 is 11.6 Å². The molecule has 2 unspecified atom stereocenters. The van der Waals surface area contributed by atoms with Gasteiger partial charge in [0.2, 0.25) is 5.91 Å². The summed E-state index contributed by atoms with van der Waals surface area (Å²) in [5, 5.41) is 6.07. The van der Waals surface area contributed by atoms with Crippen LogP contribution in [0.2, 0.25) is 0 Å². The Labute approximate surface area is 208 Å². The molecule has 0 spiro atoms. The number of rotatable bonds is 9. The number of nitrogens with one attached hydrogen (secondary N) is 2. The SMILES string of the molecule is CNC(=O)C(NC(CCc1ccc(C(F)(F)F)nc1)c1ccc(F)c(C)c1)c1ccc(N(C)C)cc1. The molecular weight excluding hydrogens is 472 g/mol. The van der Waals surface area contributed by atoms with Crippen molar-refractivity contribution in [3.8, 4) is 0 Å². The lowest BCUT2D eigenvalue weighted by molar-refractivity contribution is -0.141. The van der Waals surface area contributed by atoms with E-state index in [9.17, 15) is 22.4 Å². The molecule has 2 atom stereocenters. The van der Waals surface area contributed by atoms with Gasteiger partial charge in [0.15, 0.2) is 0 Å². The highest BCUT2D eigenvalue weighted by Crippen LogP contribution is 2.29. The number of likely N-dealkylation sites (N-methyl/N-ethyl adjacent to an activating group) is 1. The first-order valence-corrected chi connectivity index (χ1v) is 11.5. The van der Waals surface area contributed by atoms with Crippen LogP contribution in [0.25, 0.3) is 0 Å². The van der Waals surface area contributed by atoms with E-state index >= 15 is 0 Å². The number of benzene rings is 2. The van der Waals surface area contributed by atoms with Crippen LogP contribution in [0.3, 0.4) is 0 Å². The zero-order valence-corrected chi connectivity index (χ0v) is 20.7. The number of hydrogen-bond donors (Lipinski definition) is 2. The van der Waals surface area contributed by atoms with Gasteiger partial charge in [-0.3, -0.25) is 15.1 Å². The Balaban J connectivity index is 1.89. The van der Waals surface area contributed by atoms with Crippen LogP contribution in [-0.2, 0) is 17.4 Å². The summed E-state index contributed by atoms with van der Waals surface area (Å²) < 4.78 is 52.6.